The predicted octanol–water partition coefficient (Wildman–Crippen LogP) is 3.05. The van der Waals surface area contributed by atoms with Crippen LogP contribution in [-0.2, 0) is 11.8 Å². The summed E-state index contributed by atoms with van der Waals surface area (Å²) < 4.78 is 6.94. The Morgan fingerprint density at radius 1 is 1.16 bits per heavy atom. The minimum Gasteiger partial charge on any atom is -0.450 e. The average Bonchev–Trinajstić information content (AvgIpc) is 2.85. The molecule has 6 nitrogen and oxygen atoms in total. The van der Waals surface area contributed by atoms with Crippen LogP contribution in [0.3, 0.4) is 0 Å². The molecule has 0 N–H and O–H groups in total. The summed E-state index contributed by atoms with van der Waals surface area (Å²) in [5, 5.41) is 1.65. The Labute approximate surface area is 151 Å². The van der Waals surface area contributed by atoms with E-state index >= 15 is 0 Å². The maximum atomic E-state index is 13.0. The van der Waals surface area contributed by atoms with Crippen LogP contribution in [-0.4, -0.2) is 59.2 Å². The number of hydrogen-bond donors (Lipinski definition) is 0. The molecule has 0 atom stereocenters. The molecule has 25 heavy (non-hydrogen) atoms. The van der Waals surface area contributed by atoms with E-state index in [-0.39, 0.29) is 12.0 Å². The Morgan fingerprint density at radius 2 is 1.80 bits per heavy atom. The number of aromatic nitrogens is 1. The normalized spacial score (nSPS) is 14.9. The van der Waals surface area contributed by atoms with Crippen LogP contribution in [0.15, 0.2) is 18.2 Å². The number of halogens is 1. The molecule has 2 amide bonds. The fraction of sp³-hybridized carbons (Fsp3) is 0.444. The van der Waals surface area contributed by atoms with Gasteiger partial charge in [0.1, 0.15) is 5.69 Å². The molecule has 1 aliphatic heterocycles. The van der Waals surface area contributed by atoms with E-state index in [1.807, 2.05) is 36.7 Å². The number of hydrogen-bond acceptors (Lipinski definition) is 3. The number of aryl methyl sites for hydroxylation is 2. The van der Waals surface area contributed by atoms with E-state index in [1.165, 1.54) is 0 Å². The van der Waals surface area contributed by atoms with Crippen LogP contribution < -0.4 is 0 Å². The minimum absolute atomic E-state index is 0.0177. The van der Waals surface area contributed by atoms with E-state index < -0.39 is 0 Å². The Bertz CT molecular complexity index is 823. The summed E-state index contributed by atoms with van der Waals surface area (Å²) in [5.41, 5.74) is 2.58. The van der Waals surface area contributed by atoms with Crippen molar-refractivity contribution >= 4 is 34.5 Å². The second kappa shape index (κ2) is 6.96. The first-order valence-corrected chi connectivity index (χ1v) is 8.77. The molecule has 0 spiro atoms. The fourth-order valence-electron chi connectivity index (χ4n) is 3.36. The van der Waals surface area contributed by atoms with Gasteiger partial charge in [-0.25, -0.2) is 4.79 Å². The smallest absolute Gasteiger partial charge is 0.409 e. The van der Waals surface area contributed by atoms with Crippen molar-refractivity contribution < 1.29 is 14.3 Å². The number of carbonyl (C=O) groups excluding carboxylic acids is 2. The summed E-state index contributed by atoms with van der Waals surface area (Å²) in [7, 11) is 1.89. The van der Waals surface area contributed by atoms with Crippen LogP contribution in [0.4, 0.5) is 4.79 Å². The lowest BCUT2D eigenvalue weighted by Crippen LogP contribution is -2.51. The van der Waals surface area contributed by atoms with Crippen LogP contribution in [0, 0.1) is 6.92 Å². The predicted molar refractivity (Wildman–Crippen MR) is 97.2 cm³/mol. The first-order chi connectivity index (χ1) is 11.9. The van der Waals surface area contributed by atoms with Gasteiger partial charge in [0.05, 0.1) is 6.61 Å². The third-order valence-electron chi connectivity index (χ3n) is 4.71. The zero-order valence-electron chi connectivity index (χ0n) is 14.7. The first kappa shape index (κ1) is 17.6. The van der Waals surface area contributed by atoms with Gasteiger partial charge < -0.3 is 19.1 Å². The van der Waals surface area contributed by atoms with Gasteiger partial charge >= 0.3 is 6.09 Å². The molecule has 3 rings (SSSR count). The summed E-state index contributed by atoms with van der Waals surface area (Å²) in [5.74, 6) is -0.0177. The molecule has 2 heterocycles. The molecule has 1 saturated heterocycles. The van der Waals surface area contributed by atoms with Crippen molar-refractivity contribution in [3.8, 4) is 0 Å². The van der Waals surface area contributed by atoms with Crippen LogP contribution in [0.2, 0.25) is 5.02 Å². The van der Waals surface area contributed by atoms with Crippen molar-refractivity contribution in [3.05, 3.63) is 34.5 Å². The lowest BCUT2D eigenvalue weighted by atomic mass is 10.1. The van der Waals surface area contributed by atoms with Crippen molar-refractivity contribution in [2.45, 2.75) is 13.8 Å². The van der Waals surface area contributed by atoms with E-state index in [0.29, 0.717) is 43.5 Å². The summed E-state index contributed by atoms with van der Waals surface area (Å²) in [6, 6.07) is 5.65. The first-order valence-electron chi connectivity index (χ1n) is 8.39. The molecule has 134 valence electrons. The highest BCUT2D eigenvalue weighted by Gasteiger charge is 2.28. The molecule has 1 fully saturated rings. The molecule has 0 aliphatic carbocycles. The molecule has 0 radical (unpaired) electrons. The SMILES string of the molecule is CCOC(=O)N1CCN(C(=O)c2c(C)c3cc(Cl)ccc3n2C)CC1. The Hall–Kier alpha value is -2.21. The maximum Gasteiger partial charge on any atom is 0.409 e. The van der Waals surface area contributed by atoms with Crippen LogP contribution in [0.5, 0.6) is 0 Å². The molecule has 0 unspecified atom stereocenters. The maximum absolute atomic E-state index is 13.0. The van der Waals surface area contributed by atoms with Crippen molar-refractivity contribution in [1.82, 2.24) is 14.4 Å². The van der Waals surface area contributed by atoms with Gasteiger partial charge in [-0.2, -0.15) is 0 Å². The van der Waals surface area contributed by atoms with E-state index in [1.54, 1.807) is 16.7 Å². The molecule has 2 aromatic rings. The Balaban J connectivity index is 1.81. The fourth-order valence-corrected chi connectivity index (χ4v) is 3.53. The third-order valence-corrected chi connectivity index (χ3v) is 4.95. The van der Waals surface area contributed by atoms with Gasteiger partial charge in [0.25, 0.3) is 5.91 Å². The molecule has 1 aliphatic rings. The number of ether oxygens (including phenoxy) is 1. The quantitative estimate of drug-likeness (QED) is 0.824. The second-order valence-corrected chi connectivity index (χ2v) is 6.61. The van der Waals surface area contributed by atoms with Gasteiger partial charge in [-0.3, -0.25) is 4.79 Å². The topological polar surface area (TPSA) is 54.8 Å². The number of benzene rings is 1. The number of amides is 2. The number of fused-ring (bicyclic) bond motifs is 1. The number of piperazine rings is 1. The molecule has 1 aromatic carbocycles. The van der Waals surface area contributed by atoms with Crippen LogP contribution in [0.25, 0.3) is 10.9 Å². The zero-order chi connectivity index (χ0) is 18.1. The molecule has 1 aromatic heterocycles. The summed E-state index contributed by atoms with van der Waals surface area (Å²) in [6.07, 6.45) is -0.315. The second-order valence-electron chi connectivity index (χ2n) is 6.17. The number of rotatable bonds is 2. The lowest BCUT2D eigenvalue weighted by Gasteiger charge is -2.34. The third kappa shape index (κ3) is 3.18. The standard InChI is InChI=1S/C18H22ClN3O3/c1-4-25-18(24)22-9-7-21(8-10-22)17(23)16-12(2)14-11-13(19)5-6-15(14)20(16)3/h5-6,11H,4,7-10H2,1-3H3. The number of carbonyl (C=O) groups is 2. The largest absolute Gasteiger partial charge is 0.450 e. The Morgan fingerprint density at radius 3 is 2.44 bits per heavy atom. The minimum atomic E-state index is -0.315. The van der Waals surface area contributed by atoms with Gasteiger partial charge in [0.2, 0.25) is 0 Å². The van der Waals surface area contributed by atoms with E-state index in [0.717, 1.165) is 16.5 Å². The molecule has 0 saturated carbocycles. The number of nitrogens with zero attached hydrogens (tertiary/aromatic N) is 3. The van der Waals surface area contributed by atoms with Crippen LogP contribution in [0.1, 0.15) is 23.0 Å². The van der Waals surface area contributed by atoms with E-state index in [9.17, 15) is 9.59 Å². The molecular formula is C18H22ClN3O3. The molecular weight excluding hydrogens is 342 g/mol. The van der Waals surface area contributed by atoms with Crippen molar-refractivity contribution in [2.75, 3.05) is 32.8 Å². The lowest BCUT2D eigenvalue weighted by molar-refractivity contribution is 0.0563. The van der Waals surface area contributed by atoms with Gasteiger partial charge in [0.15, 0.2) is 0 Å². The van der Waals surface area contributed by atoms with Gasteiger partial charge in [-0.05, 0) is 37.6 Å². The average molecular weight is 364 g/mol. The van der Waals surface area contributed by atoms with Gasteiger partial charge in [-0.1, -0.05) is 11.6 Å². The highest BCUT2D eigenvalue weighted by Crippen LogP contribution is 2.28. The van der Waals surface area contributed by atoms with Crippen molar-refractivity contribution in [3.63, 3.8) is 0 Å². The van der Waals surface area contributed by atoms with Crippen molar-refractivity contribution in [1.29, 1.82) is 0 Å². The van der Waals surface area contributed by atoms with Crippen LogP contribution >= 0.6 is 11.6 Å². The summed E-state index contributed by atoms with van der Waals surface area (Å²) in [4.78, 5) is 28.3. The highest BCUT2D eigenvalue weighted by atomic mass is 35.5. The van der Waals surface area contributed by atoms with Gasteiger partial charge in [-0.15, -0.1) is 0 Å². The monoisotopic (exact) mass is 363 g/mol. The Kier molecular flexibility index (Phi) is 4.90. The molecule has 0 bridgehead atoms. The molecule has 7 heteroatoms. The van der Waals surface area contributed by atoms with Gasteiger partial charge in [0, 0.05) is 49.2 Å². The van der Waals surface area contributed by atoms with E-state index in [4.69, 9.17) is 16.3 Å². The highest BCUT2D eigenvalue weighted by molar-refractivity contribution is 6.31. The van der Waals surface area contributed by atoms with Crippen molar-refractivity contribution in [2.24, 2.45) is 7.05 Å². The zero-order valence-corrected chi connectivity index (χ0v) is 15.5. The van der Waals surface area contributed by atoms with E-state index in [2.05, 4.69) is 0 Å². The summed E-state index contributed by atoms with van der Waals surface area (Å²) in [6.45, 7) is 6.06. The summed E-state index contributed by atoms with van der Waals surface area (Å²) >= 11 is 6.10.